The number of carboxylic acids is 1. The van der Waals surface area contributed by atoms with Crippen LogP contribution in [0.25, 0.3) is 0 Å². The average Bonchev–Trinajstić information content (AvgIpc) is 2.09. The van der Waals surface area contributed by atoms with E-state index < -0.39 is 11.4 Å². The Morgan fingerprint density at radius 3 is 2.31 bits per heavy atom. The van der Waals surface area contributed by atoms with Gasteiger partial charge < -0.3 is 15.7 Å². The second-order valence-corrected chi connectivity index (χ2v) is 4.89. The maximum atomic E-state index is 11.4. The molecule has 0 radical (unpaired) electrons. The maximum Gasteiger partial charge on any atom is 0.315 e. The second-order valence-electron chi connectivity index (χ2n) is 4.89. The second kappa shape index (κ2) is 4.31. The van der Waals surface area contributed by atoms with Crippen LogP contribution in [0.1, 0.15) is 38.5 Å². The van der Waals surface area contributed by atoms with Gasteiger partial charge >= 0.3 is 12.0 Å². The number of hydrogen-bond acceptors (Lipinski definition) is 2. The molecule has 0 aromatic rings. The molecule has 0 aromatic heterocycles. The van der Waals surface area contributed by atoms with Gasteiger partial charge in [-0.15, -0.1) is 0 Å². The van der Waals surface area contributed by atoms with Gasteiger partial charge in [-0.25, -0.2) is 4.79 Å². The van der Waals surface area contributed by atoms with Crippen molar-refractivity contribution in [3.05, 3.63) is 0 Å². The van der Waals surface area contributed by atoms with E-state index in [1.807, 2.05) is 0 Å². The molecule has 0 aliphatic heterocycles. The standard InChI is InChI=1S/C11H18N2O3/c14-9(15)11(5-2-6-11)7-12-10(16)13-8-3-1-4-8/h8H,1-7H2,(H,14,15)(H2,12,13,16). The monoisotopic (exact) mass is 226 g/mol. The Labute approximate surface area is 94.6 Å². The van der Waals surface area contributed by atoms with E-state index in [1.54, 1.807) is 0 Å². The van der Waals surface area contributed by atoms with Gasteiger partial charge in [0.2, 0.25) is 0 Å². The van der Waals surface area contributed by atoms with Gasteiger partial charge in [0.25, 0.3) is 0 Å². The van der Waals surface area contributed by atoms with Crippen LogP contribution >= 0.6 is 0 Å². The Balaban J connectivity index is 1.73. The van der Waals surface area contributed by atoms with Crippen molar-refractivity contribution >= 4 is 12.0 Å². The summed E-state index contributed by atoms with van der Waals surface area (Å²) in [6.45, 7) is 0.251. The fourth-order valence-electron chi connectivity index (χ4n) is 2.11. The Bertz CT molecular complexity index is 296. The Morgan fingerprint density at radius 2 is 1.94 bits per heavy atom. The number of nitrogens with one attached hydrogen (secondary N) is 2. The van der Waals surface area contributed by atoms with Crippen molar-refractivity contribution in [2.24, 2.45) is 5.41 Å². The van der Waals surface area contributed by atoms with Gasteiger partial charge in [-0.05, 0) is 32.1 Å². The van der Waals surface area contributed by atoms with Crippen LogP contribution in [0.3, 0.4) is 0 Å². The predicted molar refractivity (Wildman–Crippen MR) is 58.1 cm³/mol. The van der Waals surface area contributed by atoms with Gasteiger partial charge in [-0.2, -0.15) is 0 Å². The molecule has 0 spiro atoms. The third kappa shape index (κ3) is 2.13. The summed E-state index contributed by atoms with van der Waals surface area (Å²) in [5, 5.41) is 14.6. The van der Waals surface area contributed by atoms with Crippen LogP contribution in [0.2, 0.25) is 0 Å². The highest BCUT2D eigenvalue weighted by Crippen LogP contribution is 2.40. The number of aliphatic carboxylic acids is 1. The molecule has 2 amide bonds. The van der Waals surface area contributed by atoms with Crippen LogP contribution < -0.4 is 10.6 Å². The molecule has 5 heteroatoms. The highest BCUT2D eigenvalue weighted by molar-refractivity contribution is 5.79. The first-order valence-electron chi connectivity index (χ1n) is 5.90. The van der Waals surface area contributed by atoms with Crippen molar-refractivity contribution in [1.82, 2.24) is 10.6 Å². The zero-order valence-electron chi connectivity index (χ0n) is 9.29. The van der Waals surface area contributed by atoms with Crippen molar-refractivity contribution in [3.63, 3.8) is 0 Å². The summed E-state index contributed by atoms with van der Waals surface area (Å²) in [6.07, 6.45) is 5.54. The van der Waals surface area contributed by atoms with Gasteiger partial charge in [-0.1, -0.05) is 6.42 Å². The van der Waals surface area contributed by atoms with E-state index in [1.165, 1.54) is 6.42 Å². The predicted octanol–water partition coefficient (Wildman–Crippen LogP) is 1.09. The van der Waals surface area contributed by atoms with Gasteiger partial charge in [0.15, 0.2) is 0 Å². The van der Waals surface area contributed by atoms with E-state index in [0.717, 1.165) is 19.3 Å². The Hall–Kier alpha value is -1.26. The zero-order chi connectivity index (χ0) is 11.6. The molecule has 2 fully saturated rings. The molecule has 2 rings (SSSR count). The first-order chi connectivity index (χ1) is 7.62. The topological polar surface area (TPSA) is 78.4 Å². The lowest BCUT2D eigenvalue weighted by Gasteiger charge is -2.37. The lowest BCUT2D eigenvalue weighted by atomic mass is 9.69. The molecule has 0 atom stereocenters. The number of carbonyl (C=O) groups excluding carboxylic acids is 1. The van der Waals surface area contributed by atoms with E-state index in [9.17, 15) is 9.59 Å². The van der Waals surface area contributed by atoms with E-state index in [4.69, 9.17) is 5.11 Å². The first kappa shape index (κ1) is 11.2. The highest BCUT2D eigenvalue weighted by atomic mass is 16.4. The molecule has 0 unspecified atom stereocenters. The lowest BCUT2D eigenvalue weighted by molar-refractivity contribution is -0.153. The first-order valence-corrected chi connectivity index (χ1v) is 5.90. The van der Waals surface area contributed by atoms with Gasteiger partial charge in [-0.3, -0.25) is 4.79 Å². The van der Waals surface area contributed by atoms with Crippen LogP contribution in [-0.2, 0) is 4.79 Å². The zero-order valence-corrected chi connectivity index (χ0v) is 9.29. The van der Waals surface area contributed by atoms with Crippen molar-refractivity contribution in [1.29, 1.82) is 0 Å². The number of hydrogen-bond donors (Lipinski definition) is 3. The maximum absolute atomic E-state index is 11.4. The molecular formula is C11H18N2O3. The molecular weight excluding hydrogens is 208 g/mol. The van der Waals surface area contributed by atoms with Crippen LogP contribution in [0.15, 0.2) is 0 Å². The lowest BCUT2D eigenvalue weighted by Crippen LogP contribution is -2.52. The van der Waals surface area contributed by atoms with Crippen molar-refractivity contribution in [2.75, 3.05) is 6.54 Å². The number of carboxylic acid groups (broad SMARTS) is 1. The SMILES string of the molecule is O=C(NCC1(C(=O)O)CCC1)NC1CCC1. The summed E-state index contributed by atoms with van der Waals surface area (Å²) < 4.78 is 0. The molecule has 90 valence electrons. The summed E-state index contributed by atoms with van der Waals surface area (Å²) in [6, 6.07) is 0.0689. The van der Waals surface area contributed by atoms with Gasteiger partial charge in [0, 0.05) is 12.6 Å². The minimum atomic E-state index is -0.789. The third-order valence-electron chi connectivity index (χ3n) is 3.79. The molecule has 2 aliphatic rings. The van der Waals surface area contributed by atoms with Gasteiger partial charge in [0.1, 0.15) is 0 Å². The molecule has 3 N–H and O–H groups in total. The fraction of sp³-hybridized carbons (Fsp3) is 0.818. The van der Waals surface area contributed by atoms with E-state index in [-0.39, 0.29) is 12.6 Å². The number of rotatable bonds is 4. The minimum absolute atomic E-state index is 0.225. The molecule has 16 heavy (non-hydrogen) atoms. The Morgan fingerprint density at radius 1 is 1.25 bits per heavy atom. The normalized spacial score (nSPS) is 22.8. The summed E-state index contributed by atoms with van der Waals surface area (Å²) in [7, 11) is 0. The van der Waals surface area contributed by atoms with Crippen LogP contribution in [0, 0.1) is 5.41 Å². The quantitative estimate of drug-likeness (QED) is 0.671. The summed E-state index contributed by atoms with van der Waals surface area (Å²) >= 11 is 0. The van der Waals surface area contributed by atoms with E-state index >= 15 is 0 Å². The number of amides is 2. The van der Waals surface area contributed by atoms with E-state index in [2.05, 4.69) is 10.6 Å². The molecule has 2 aliphatic carbocycles. The Kier molecular flexibility index (Phi) is 3.03. The highest BCUT2D eigenvalue weighted by Gasteiger charge is 2.44. The number of urea groups is 1. The summed E-state index contributed by atoms with van der Waals surface area (Å²) in [5.74, 6) is -0.789. The largest absolute Gasteiger partial charge is 0.481 e. The van der Waals surface area contributed by atoms with Crippen molar-refractivity contribution in [2.45, 2.75) is 44.6 Å². The summed E-state index contributed by atoms with van der Waals surface area (Å²) in [4.78, 5) is 22.5. The minimum Gasteiger partial charge on any atom is -0.481 e. The van der Waals surface area contributed by atoms with E-state index in [0.29, 0.717) is 18.9 Å². The molecule has 2 saturated carbocycles. The average molecular weight is 226 g/mol. The van der Waals surface area contributed by atoms with Crippen LogP contribution in [0.5, 0.6) is 0 Å². The molecule has 0 aromatic carbocycles. The molecule has 0 heterocycles. The summed E-state index contributed by atoms with van der Waals surface area (Å²) in [5.41, 5.74) is -0.697. The van der Waals surface area contributed by atoms with Gasteiger partial charge in [0.05, 0.1) is 5.41 Å². The third-order valence-corrected chi connectivity index (χ3v) is 3.79. The molecule has 5 nitrogen and oxygen atoms in total. The smallest absolute Gasteiger partial charge is 0.315 e. The fourth-order valence-corrected chi connectivity index (χ4v) is 2.11. The molecule has 0 saturated heterocycles. The number of carbonyl (C=O) groups is 2. The molecule has 0 bridgehead atoms. The van der Waals surface area contributed by atoms with Crippen LogP contribution in [-0.4, -0.2) is 29.7 Å². The van der Waals surface area contributed by atoms with Crippen LogP contribution in [0.4, 0.5) is 4.79 Å². The van der Waals surface area contributed by atoms with Crippen molar-refractivity contribution in [3.8, 4) is 0 Å². The van der Waals surface area contributed by atoms with Crippen molar-refractivity contribution < 1.29 is 14.7 Å².